The van der Waals surface area contributed by atoms with E-state index in [-0.39, 0.29) is 5.57 Å². The fourth-order valence-corrected chi connectivity index (χ4v) is 1.34. The molecule has 0 atom stereocenters. The molecule has 1 N–H and O–H groups in total. The number of aromatic nitrogens is 1. The second-order valence-electron chi connectivity index (χ2n) is 3.17. The number of carboxylic acid groups (broad SMARTS) is 1. The summed E-state index contributed by atoms with van der Waals surface area (Å²) in [5.74, 6) is -1.04. The number of carbonyl (C=O) groups is 1. The SMILES string of the molecule is C=C(C(=O)O)c1ccc2ccccc2n1. The van der Waals surface area contributed by atoms with Crippen LogP contribution in [0.1, 0.15) is 5.69 Å². The molecule has 0 spiro atoms. The highest BCUT2D eigenvalue weighted by molar-refractivity contribution is 6.14. The molecular weight excluding hydrogens is 190 g/mol. The van der Waals surface area contributed by atoms with Gasteiger partial charge in [-0.25, -0.2) is 9.78 Å². The third-order valence-electron chi connectivity index (χ3n) is 2.17. The molecule has 2 aromatic rings. The highest BCUT2D eigenvalue weighted by Gasteiger charge is 2.08. The number of para-hydroxylation sites is 1. The van der Waals surface area contributed by atoms with E-state index < -0.39 is 5.97 Å². The molecule has 3 nitrogen and oxygen atoms in total. The Morgan fingerprint density at radius 3 is 2.67 bits per heavy atom. The summed E-state index contributed by atoms with van der Waals surface area (Å²) in [5.41, 5.74) is 1.19. The molecule has 0 unspecified atom stereocenters. The van der Waals surface area contributed by atoms with E-state index in [1.165, 1.54) is 0 Å². The topological polar surface area (TPSA) is 50.2 Å². The Balaban J connectivity index is 2.56. The third kappa shape index (κ3) is 1.72. The second-order valence-corrected chi connectivity index (χ2v) is 3.17. The number of fused-ring (bicyclic) bond motifs is 1. The van der Waals surface area contributed by atoms with Crippen molar-refractivity contribution in [3.8, 4) is 0 Å². The molecule has 0 saturated carbocycles. The van der Waals surface area contributed by atoms with Gasteiger partial charge < -0.3 is 5.11 Å². The van der Waals surface area contributed by atoms with E-state index in [2.05, 4.69) is 11.6 Å². The summed E-state index contributed by atoms with van der Waals surface area (Å²) in [6.07, 6.45) is 0. The van der Waals surface area contributed by atoms with Crippen LogP contribution in [-0.4, -0.2) is 16.1 Å². The highest BCUT2D eigenvalue weighted by Crippen LogP contribution is 2.16. The molecule has 0 aliphatic carbocycles. The molecule has 0 amide bonds. The summed E-state index contributed by atoms with van der Waals surface area (Å²) in [7, 11) is 0. The first-order valence-electron chi connectivity index (χ1n) is 4.47. The van der Waals surface area contributed by atoms with Gasteiger partial charge >= 0.3 is 5.97 Å². The standard InChI is InChI=1S/C12H9NO2/c1-8(12(14)15)10-7-6-9-4-2-3-5-11(9)13-10/h2-7H,1H2,(H,14,15). The molecule has 0 aliphatic heterocycles. The van der Waals surface area contributed by atoms with Gasteiger partial charge in [0.15, 0.2) is 0 Å². The van der Waals surface area contributed by atoms with E-state index in [1.807, 2.05) is 30.3 Å². The van der Waals surface area contributed by atoms with Crippen molar-refractivity contribution in [2.45, 2.75) is 0 Å². The number of hydrogen-bond donors (Lipinski definition) is 1. The normalized spacial score (nSPS) is 10.1. The average Bonchev–Trinajstić information content (AvgIpc) is 2.27. The Hall–Kier alpha value is -2.16. The lowest BCUT2D eigenvalue weighted by Crippen LogP contribution is -2.00. The van der Waals surface area contributed by atoms with E-state index in [1.54, 1.807) is 6.07 Å². The van der Waals surface area contributed by atoms with Crippen molar-refractivity contribution in [3.05, 3.63) is 48.7 Å². The van der Waals surface area contributed by atoms with Crippen molar-refractivity contribution in [1.82, 2.24) is 4.98 Å². The van der Waals surface area contributed by atoms with Crippen LogP contribution in [0.25, 0.3) is 16.5 Å². The molecule has 0 saturated heterocycles. The number of nitrogens with zero attached hydrogens (tertiary/aromatic N) is 1. The fraction of sp³-hybridized carbons (Fsp3) is 0. The van der Waals surface area contributed by atoms with Gasteiger partial charge in [0.25, 0.3) is 0 Å². The predicted octanol–water partition coefficient (Wildman–Crippen LogP) is 2.33. The Labute approximate surface area is 86.7 Å². The number of aliphatic carboxylic acids is 1. The van der Waals surface area contributed by atoms with Crippen LogP contribution in [0.3, 0.4) is 0 Å². The maximum Gasteiger partial charge on any atom is 0.337 e. The molecule has 0 fully saturated rings. The first-order valence-corrected chi connectivity index (χ1v) is 4.47. The summed E-state index contributed by atoms with van der Waals surface area (Å²) in [6, 6.07) is 11.0. The van der Waals surface area contributed by atoms with Gasteiger partial charge in [0, 0.05) is 5.39 Å². The summed E-state index contributed by atoms with van der Waals surface area (Å²) >= 11 is 0. The van der Waals surface area contributed by atoms with Gasteiger partial charge in [0.2, 0.25) is 0 Å². The minimum Gasteiger partial charge on any atom is -0.478 e. The third-order valence-corrected chi connectivity index (χ3v) is 2.17. The lowest BCUT2D eigenvalue weighted by Gasteiger charge is -2.01. The number of pyridine rings is 1. The van der Waals surface area contributed by atoms with Crippen molar-refractivity contribution in [2.24, 2.45) is 0 Å². The van der Waals surface area contributed by atoms with Gasteiger partial charge in [-0.05, 0) is 12.1 Å². The quantitative estimate of drug-likeness (QED) is 0.755. The predicted molar refractivity (Wildman–Crippen MR) is 58.4 cm³/mol. The second kappa shape index (κ2) is 3.53. The lowest BCUT2D eigenvalue weighted by molar-refractivity contribution is -0.130. The van der Waals surface area contributed by atoms with E-state index >= 15 is 0 Å². The smallest absolute Gasteiger partial charge is 0.337 e. The van der Waals surface area contributed by atoms with Gasteiger partial charge in [-0.1, -0.05) is 30.8 Å². The zero-order valence-corrected chi connectivity index (χ0v) is 7.97. The van der Waals surface area contributed by atoms with Gasteiger partial charge in [0.1, 0.15) is 0 Å². The van der Waals surface area contributed by atoms with Crippen LogP contribution in [0.2, 0.25) is 0 Å². The van der Waals surface area contributed by atoms with Crippen LogP contribution >= 0.6 is 0 Å². The van der Waals surface area contributed by atoms with Gasteiger partial charge in [0.05, 0.1) is 16.8 Å². The maximum atomic E-state index is 10.7. The molecule has 0 aliphatic rings. The molecule has 74 valence electrons. The van der Waals surface area contributed by atoms with E-state index in [0.717, 1.165) is 10.9 Å². The van der Waals surface area contributed by atoms with E-state index in [0.29, 0.717) is 5.69 Å². The largest absolute Gasteiger partial charge is 0.478 e. The Morgan fingerprint density at radius 1 is 1.20 bits per heavy atom. The van der Waals surface area contributed by atoms with Crippen LogP contribution in [0.15, 0.2) is 43.0 Å². The van der Waals surface area contributed by atoms with Crippen molar-refractivity contribution < 1.29 is 9.90 Å². The van der Waals surface area contributed by atoms with Crippen molar-refractivity contribution in [1.29, 1.82) is 0 Å². The highest BCUT2D eigenvalue weighted by atomic mass is 16.4. The minimum absolute atomic E-state index is 0.0146. The summed E-state index contributed by atoms with van der Waals surface area (Å²) in [6.45, 7) is 3.47. The zero-order chi connectivity index (χ0) is 10.8. The van der Waals surface area contributed by atoms with Crippen LogP contribution in [0, 0.1) is 0 Å². The number of benzene rings is 1. The van der Waals surface area contributed by atoms with Crippen LogP contribution in [0.4, 0.5) is 0 Å². The summed E-state index contributed by atoms with van der Waals surface area (Å²) in [5, 5.41) is 9.75. The molecular formula is C12H9NO2. The number of rotatable bonds is 2. The van der Waals surface area contributed by atoms with E-state index in [4.69, 9.17) is 5.11 Å². The molecule has 1 aromatic heterocycles. The maximum absolute atomic E-state index is 10.7. The molecule has 1 heterocycles. The van der Waals surface area contributed by atoms with Crippen molar-refractivity contribution in [2.75, 3.05) is 0 Å². The number of carboxylic acids is 1. The van der Waals surface area contributed by atoms with Gasteiger partial charge in [-0.3, -0.25) is 0 Å². The minimum atomic E-state index is -1.04. The Morgan fingerprint density at radius 2 is 1.93 bits per heavy atom. The lowest BCUT2D eigenvalue weighted by atomic mass is 10.1. The van der Waals surface area contributed by atoms with E-state index in [9.17, 15) is 4.79 Å². The van der Waals surface area contributed by atoms with Gasteiger partial charge in [-0.2, -0.15) is 0 Å². The molecule has 3 heteroatoms. The summed E-state index contributed by atoms with van der Waals surface area (Å²) in [4.78, 5) is 14.9. The fourth-order valence-electron chi connectivity index (χ4n) is 1.34. The average molecular weight is 199 g/mol. The van der Waals surface area contributed by atoms with Gasteiger partial charge in [-0.15, -0.1) is 0 Å². The Kier molecular flexibility index (Phi) is 2.21. The van der Waals surface area contributed by atoms with Crippen LogP contribution < -0.4 is 0 Å². The van der Waals surface area contributed by atoms with Crippen molar-refractivity contribution >= 4 is 22.4 Å². The molecule has 0 radical (unpaired) electrons. The van der Waals surface area contributed by atoms with Crippen LogP contribution in [-0.2, 0) is 4.79 Å². The zero-order valence-electron chi connectivity index (χ0n) is 7.97. The number of hydrogen-bond acceptors (Lipinski definition) is 2. The monoisotopic (exact) mass is 199 g/mol. The molecule has 2 rings (SSSR count). The van der Waals surface area contributed by atoms with Crippen LogP contribution in [0.5, 0.6) is 0 Å². The Bertz CT molecular complexity index is 546. The summed E-state index contributed by atoms with van der Waals surface area (Å²) < 4.78 is 0. The van der Waals surface area contributed by atoms with Crippen molar-refractivity contribution in [3.63, 3.8) is 0 Å². The first kappa shape index (κ1) is 9.40. The first-order chi connectivity index (χ1) is 7.18. The molecule has 15 heavy (non-hydrogen) atoms. The molecule has 0 bridgehead atoms. The molecule has 1 aromatic carbocycles.